The number of allylic oxidation sites excluding steroid dienone is 1. The molecule has 2 aromatic carbocycles. The topological polar surface area (TPSA) is 9.23 Å². The Bertz CT molecular complexity index is 575. The van der Waals surface area contributed by atoms with Crippen molar-refractivity contribution in [3.8, 4) is 5.75 Å². The molecule has 0 aromatic heterocycles. The molecule has 1 heterocycles. The van der Waals surface area contributed by atoms with Gasteiger partial charge in [-0.05, 0) is 41.8 Å². The molecule has 0 saturated carbocycles. The van der Waals surface area contributed by atoms with E-state index in [2.05, 4.69) is 24.3 Å². The highest BCUT2D eigenvalue weighted by atomic mass is 35.5. The van der Waals surface area contributed by atoms with Crippen LogP contribution >= 0.6 is 11.6 Å². The third-order valence-corrected chi connectivity index (χ3v) is 3.29. The molecule has 3 rings (SSSR count). The SMILES string of the molecule is Clc1ccc2c(c1)CC=CC(c1ccccc1)O2. The largest absolute Gasteiger partial charge is 0.481 e. The quantitative estimate of drug-likeness (QED) is 0.679. The summed E-state index contributed by atoms with van der Waals surface area (Å²) in [7, 11) is 0. The van der Waals surface area contributed by atoms with Gasteiger partial charge in [-0.3, -0.25) is 0 Å². The van der Waals surface area contributed by atoms with Crippen molar-refractivity contribution in [2.75, 3.05) is 0 Å². The minimum absolute atomic E-state index is 0.0198. The van der Waals surface area contributed by atoms with Gasteiger partial charge >= 0.3 is 0 Å². The Morgan fingerprint density at radius 1 is 1.06 bits per heavy atom. The van der Waals surface area contributed by atoms with Crippen LogP contribution in [0.15, 0.2) is 60.7 Å². The standard InChI is InChI=1S/C16H13ClO/c17-14-9-10-16-13(11-14)7-4-8-15(18-16)12-5-2-1-3-6-12/h1-6,8-11,15H,7H2. The van der Waals surface area contributed by atoms with Crippen LogP contribution in [-0.2, 0) is 6.42 Å². The second-order valence-electron chi connectivity index (χ2n) is 4.33. The summed E-state index contributed by atoms with van der Waals surface area (Å²) in [6, 6.07) is 16.0. The van der Waals surface area contributed by atoms with Gasteiger partial charge < -0.3 is 4.74 Å². The molecule has 0 saturated heterocycles. The summed E-state index contributed by atoms with van der Waals surface area (Å²) in [5.74, 6) is 0.915. The van der Waals surface area contributed by atoms with Crippen molar-refractivity contribution in [2.24, 2.45) is 0 Å². The average Bonchev–Trinajstić information content (AvgIpc) is 2.61. The maximum Gasteiger partial charge on any atom is 0.142 e. The Balaban J connectivity index is 1.95. The van der Waals surface area contributed by atoms with E-state index in [9.17, 15) is 0 Å². The van der Waals surface area contributed by atoms with E-state index in [0.717, 1.165) is 28.3 Å². The smallest absolute Gasteiger partial charge is 0.142 e. The minimum atomic E-state index is -0.0198. The lowest BCUT2D eigenvalue weighted by Crippen LogP contribution is -2.04. The van der Waals surface area contributed by atoms with E-state index in [-0.39, 0.29) is 6.10 Å². The van der Waals surface area contributed by atoms with E-state index in [0.29, 0.717) is 0 Å². The van der Waals surface area contributed by atoms with Crippen molar-refractivity contribution in [1.29, 1.82) is 0 Å². The summed E-state index contributed by atoms with van der Waals surface area (Å²) in [5, 5.41) is 0.754. The molecular weight excluding hydrogens is 244 g/mol. The van der Waals surface area contributed by atoms with E-state index < -0.39 is 0 Å². The van der Waals surface area contributed by atoms with Gasteiger partial charge in [-0.25, -0.2) is 0 Å². The Morgan fingerprint density at radius 2 is 1.89 bits per heavy atom. The third kappa shape index (κ3) is 2.27. The maximum absolute atomic E-state index is 6.05. The Kier molecular flexibility index (Phi) is 3.07. The molecule has 0 amide bonds. The summed E-state index contributed by atoms with van der Waals surface area (Å²) in [6.07, 6.45) is 5.08. The van der Waals surface area contributed by atoms with Crippen LogP contribution in [0.5, 0.6) is 5.75 Å². The monoisotopic (exact) mass is 256 g/mol. The third-order valence-electron chi connectivity index (χ3n) is 3.05. The molecule has 1 aliphatic heterocycles. The zero-order chi connectivity index (χ0) is 12.4. The molecular formula is C16H13ClO. The van der Waals surface area contributed by atoms with E-state index in [4.69, 9.17) is 16.3 Å². The predicted octanol–water partition coefficient (Wildman–Crippen LogP) is 4.57. The van der Waals surface area contributed by atoms with Crippen LogP contribution in [0.3, 0.4) is 0 Å². The van der Waals surface area contributed by atoms with Gasteiger partial charge in [0, 0.05) is 5.02 Å². The molecule has 90 valence electrons. The van der Waals surface area contributed by atoms with Crippen molar-refractivity contribution in [2.45, 2.75) is 12.5 Å². The molecule has 2 aromatic rings. The summed E-state index contributed by atoms with van der Waals surface area (Å²) in [5.41, 5.74) is 2.30. The average molecular weight is 257 g/mol. The molecule has 0 N–H and O–H groups in total. The summed E-state index contributed by atoms with van der Waals surface area (Å²) in [6.45, 7) is 0. The van der Waals surface area contributed by atoms with Gasteiger partial charge in [0.15, 0.2) is 0 Å². The van der Waals surface area contributed by atoms with E-state index >= 15 is 0 Å². The molecule has 0 fully saturated rings. The predicted molar refractivity (Wildman–Crippen MR) is 74.1 cm³/mol. The highest BCUT2D eigenvalue weighted by Crippen LogP contribution is 2.31. The van der Waals surface area contributed by atoms with Crippen LogP contribution in [0.1, 0.15) is 17.2 Å². The van der Waals surface area contributed by atoms with E-state index in [1.54, 1.807) is 0 Å². The van der Waals surface area contributed by atoms with Crippen molar-refractivity contribution in [3.05, 3.63) is 76.8 Å². The first-order chi connectivity index (χ1) is 8.83. The lowest BCUT2D eigenvalue weighted by molar-refractivity contribution is 0.256. The van der Waals surface area contributed by atoms with Crippen LogP contribution in [0.2, 0.25) is 5.02 Å². The van der Waals surface area contributed by atoms with Crippen LogP contribution in [0.4, 0.5) is 0 Å². The molecule has 0 radical (unpaired) electrons. The van der Waals surface area contributed by atoms with Gasteiger partial charge in [-0.15, -0.1) is 0 Å². The molecule has 1 aliphatic rings. The van der Waals surface area contributed by atoms with Crippen LogP contribution in [0, 0.1) is 0 Å². The molecule has 18 heavy (non-hydrogen) atoms. The molecule has 1 atom stereocenters. The van der Waals surface area contributed by atoms with Gasteiger partial charge in [-0.2, -0.15) is 0 Å². The molecule has 1 unspecified atom stereocenters. The second-order valence-corrected chi connectivity index (χ2v) is 4.77. The number of benzene rings is 2. The summed E-state index contributed by atoms with van der Waals surface area (Å²) in [4.78, 5) is 0. The lowest BCUT2D eigenvalue weighted by atomic mass is 10.1. The Morgan fingerprint density at radius 3 is 2.72 bits per heavy atom. The van der Waals surface area contributed by atoms with Crippen LogP contribution in [-0.4, -0.2) is 0 Å². The number of fused-ring (bicyclic) bond motifs is 1. The zero-order valence-corrected chi connectivity index (χ0v) is 10.6. The lowest BCUT2D eigenvalue weighted by Gasteiger charge is -2.16. The molecule has 1 nitrogen and oxygen atoms in total. The molecule has 0 bridgehead atoms. The van der Waals surface area contributed by atoms with E-state index in [1.807, 2.05) is 36.4 Å². The highest BCUT2D eigenvalue weighted by Gasteiger charge is 2.15. The number of halogens is 1. The minimum Gasteiger partial charge on any atom is -0.481 e. The van der Waals surface area contributed by atoms with Gasteiger partial charge in [-0.1, -0.05) is 48.0 Å². The molecule has 0 aliphatic carbocycles. The Labute approximate surface area is 112 Å². The first kappa shape index (κ1) is 11.4. The number of ether oxygens (including phenoxy) is 1. The maximum atomic E-state index is 6.05. The van der Waals surface area contributed by atoms with Crippen LogP contribution < -0.4 is 4.74 Å². The number of rotatable bonds is 1. The molecule has 0 spiro atoms. The van der Waals surface area contributed by atoms with Crippen molar-refractivity contribution in [3.63, 3.8) is 0 Å². The van der Waals surface area contributed by atoms with E-state index in [1.165, 1.54) is 0 Å². The Hall–Kier alpha value is -1.73. The summed E-state index contributed by atoms with van der Waals surface area (Å²) < 4.78 is 6.05. The van der Waals surface area contributed by atoms with Crippen molar-refractivity contribution in [1.82, 2.24) is 0 Å². The van der Waals surface area contributed by atoms with Gasteiger partial charge in [0.05, 0.1) is 0 Å². The fraction of sp³-hybridized carbons (Fsp3) is 0.125. The fourth-order valence-electron chi connectivity index (χ4n) is 2.14. The highest BCUT2D eigenvalue weighted by molar-refractivity contribution is 6.30. The van der Waals surface area contributed by atoms with Crippen LogP contribution in [0.25, 0.3) is 0 Å². The number of hydrogen-bond acceptors (Lipinski definition) is 1. The first-order valence-corrected chi connectivity index (χ1v) is 6.37. The summed E-state index contributed by atoms with van der Waals surface area (Å²) >= 11 is 6.00. The van der Waals surface area contributed by atoms with Gasteiger partial charge in [0.25, 0.3) is 0 Å². The van der Waals surface area contributed by atoms with Gasteiger partial charge in [0.1, 0.15) is 11.9 Å². The fourth-order valence-corrected chi connectivity index (χ4v) is 2.33. The molecule has 2 heteroatoms. The second kappa shape index (κ2) is 4.87. The number of hydrogen-bond donors (Lipinski definition) is 0. The first-order valence-electron chi connectivity index (χ1n) is 5.99. The zero-order valence-electron chi connectivity index (χ0n) is 9.84. The van der Waals surface area contributed by atoms with Crippen molar-refractivity contribution < 1.29 is 4.74 Å². The normalized spacial score (nSPS) is 17.7. The van der Waals surface area contributed by atoms with Crippen molar-refractivity contribution >= 4 is 11.6 Å². The van der Waals surface area contributed by atoms with Gasteiger partial charge in [0.2, 0.25) is 0 Å².